The highest BCUT2D eigenvalue weighted by atomic mass is 127. The highest BCUT2D eigenvalue weighted by molar-refractivity contribution is 14.0. The molecule has 2 N–H and O–H groups in total. The van der Waals surface area contributed by atoms with Gasteiger partial charge in [0.05, 0.1) is 6.10 Å². The summed E-state index contributed by atoms with van der Waals surface area (Å²) in [5, 5.41) is 7.54. The minimum Gasteiger partial charge on any atom is -0.444 e. The summed E-state index contributed by atoms with van der Waals surface area (Å²) < 4.78 is 11.8. The van der Waals surface area contributed by atoms with Gasteiger partial charge < -0.3 is 25.0 Å². The Hall–Kier alpha value is -0.770. The molecule has 5 rings (SSSR count). The molecular weight excluding hydrogens is 519 g/mol. The minimum absolute atomic E-state index is 0. The first-order chi connectivity index (χ1) is 14.8. The van der Waals surface area contributed by atoms with Gasteiger partial charge >= 0.3 is 6.09 Å². The number of aliphatic imine (C=N–C) groups is 1. The molecule has 0 aromatic carbocycles. The third kappa shape index (κ3) is 4.23. The largest absolute Gasteiger partial charge is 0.444 e. The molecule has 0 radical (unpaired) electrons. The molecule has 3 aliphatic heterocycles. The number of fused-ring (bicyclic) bond motifs is 4. The van der Waals surface area contributed by atoms with Crippen molar-refractivity contribution in [3.63, 3.8) is 0 Å². The van der Waals surface area contributed by atoms with E-state index in [9.17, 15) is 4.79 Å². The van der Waals surface area contributed by atoms with Crippen molar-refractivity contribution in [1.82, 2.24) is 15.5 Å². The zero-order chi connectivity index (χ0) is 21.8. The van der Waals surface area contributed by atoms with Crippen LogP contribution in [0, 0.1) is 11.3 Å². The summed E-state index contributed by atoms with van der Waals surface area (Å²) >= 11 is 0. The van der Waals surface area contributed by atoms with E-state index < -0.39 is 5.60 Å². The first-order valence-corrected chi connectivity index (χ1v) is 12.4. The van der Waals surface area contributed by atoms with E-state index in [1.807, 2.05) is 32.7 Å². The molecule has 8 heteroatoms. The van der Waals surface area contributed by atoms with Gasteiger partial charge in [-0.05, 0) is 65.7 Å². The molecule has 182 valence electrons. The predicted octanol–water partition coefficient (Wildman–Crippen LogP) is 4.05. The highest BCUT2D eigenvalue weighted by Gasteiger charge is 2.65. The van der Waals surface area contributed by atoms with Gasteiger partial charge in [-0.1, -0.05) is 12.8 Å². The normalized spacial score (nSPS) is 37.5. The second kappa shape index (κ2) is 9.12. The number of carbonyl (C=O) groups is 1. The van der Waals surface area contributed by atoms with Gasteiger partial charge in [0.1, 0.15) is 5.60 Å². The number of carbonyl (C=O) groups excluding carboxylic acids is 1. The van der Waals surface area contributed by atoms with Gasteiger partial charge in [0.15, 0.2) is 5.96 Å². The van der Waals surface area contributed by atoms with E-state index in [4.69, 9.17) is 9.47 Å². The molecule has 5 unspecified atom stereocenters. The van der Waals surface area contributed by atoms with E-state index in [-0.39, 0.29) is 42.2 Å². The molecule has 7 nitrogen and oxygen atoms in total. The van der Waals surface area contributed by atoms with Gasteiger partial charge in [-0.25, -0.2) is 4.79 Å². The third-order valence-electron chi connectivity index (χ3n) is 8.48. The van der Waals surface area contributed by atoms with Crippen LogP contribution in [0.4, 0.5) is 4.79 Å². The zero-order valence-electron chi connectivity index (χ0n) is 20.1. The Bertz CT molecular complexity index is 719. The Labute approximate surface area is 209 Å². The maximum atomic E-state index is 12.7. The number of nitrogens with one attached hydrogen (secondary N) is 2. The number of amides is 1. The molecule has 32 heavy (non-hydrogen) atoms. The minimum atomic E-state index is -0.446. The predicted molar refractivity (Wildman–Crippen MR) is 135 cm³/mol. The van der Waals surface area contributed by atoms with Crippen LogP contribution in [0.15, 0.2) is 4.99 Å². The summed E-state index contributed by atoms with van der Waals surface area (Å²) in [5.41, 5.74) is -0.129. The van der Waals surface area contributed by atoms with Crippen molar-refractivity contribution in [3.8, 4) is 0 Å². The monoisotopic (exact) mass is 560 g/mol. The van der Waals surface area contributed by atoms with E-state index in [2.05, 4.69) is 15.6 Å². The van der Waals surface area contributed by atoms with E-state index in [0.29, 0.717) is 29.5 Å². The summed E-state index contributed by atoms with van der Waals surface area (Å²) in [7, 11) is 1.88. The van der Waals surface area contributed by atoms with Crippen molar-refractivity contribution in [2.24, 2.45) is 16.3 Å². The third-order valence-corrected chi connectivity index (χ3v) is 8.48. The lowest BCUT2D eigenvalue weighted by Gasteiger charge is -2.57. The van der Waals surface area contributed by atoms with Crippen molar-refractivity contribution < 1.29 is 14.3 Å². The average Bonchev–Trinajstić information content (AvgIpc) is 3.41. The topological polar surface area (TPSA) is 75.2 Å². The Morgan fingerprint density at radius 3 is 2.34 bits per heavy atom. The molecule has 2 saturated carbocycles. The molecule has 1 spiro atoms. The fraction of sp³-hybridized carbons (Fsp3) is 0.917. The lowest BCUT2D eigenvalue weighted by atomic mass is 9.54. The zero-order valence-corrected chi connectivity index (χ0v) is 22.4. The fourth-order valence-corrected chi connectivity index (χ4v) is 7.32. The van der Waals surface area contributed by atoms with Crippen LogP contribution >= 0.6 is 24.0 Å². The lowest BCUT2D eigenvalue weighted by molar-refractivity contribution is -0.125. The molecule has 2 bridgehead atoms. The number of piperidine rings is 1. The molecule has 1 amide bonds. The van der Waals surface area contributed by atoms with Gasteiger partial charge in [0.2, 0.25) is 0 Å². The molecule has 0 aromatic rings. The van der Waals surface area contributed by atoms with Crippen molar-refractivity contribution in [1.29, 1.82) is 0 Å². The first-order valence-electron chi connectivity index (χ1n) is 12.4. The van der Waals surface area contributed by atoms with Crippen LogP contribution in [0.1, 0.15) is 78.6 Å². The SMILES string of the molecule is CN=C(NC1CC2CCC(C1)N2C(=O)OC(C)(C)C)NC1C2CCOC2C12CCCC2.I. The van der Waals surface area contributed by atoms with Crippen molar-refractivity contribution in [2.75, 3.05) is 13.7 Å². The van der Waals surface area contributed by atoms with Crippen LogP contribution in [0.25, 0.3) is 0 Å². The number of guanidine groups is 1. The van der Waals surface area contributed by atoms with Crippen molar-refractivity contribution in [3.05, 3.63) is 0 Å². The van der Waals surface area contributed by atoms with Gasteiger partial charge in [0.25, 0.3) is 0 Å². The number of nitrogens with zero attached hydrogens (tertiary/aromatic N) is 2. The highest BCUT2D eigenvalue weighted by Crippen LogP contribution is 2.60. The van der Waals surface area contributed by atoms with Gasteiger partial charge in [0, 0.05) is 49.2 Å². The van der Waals surface area contributed by atoms with Gasteiger partial charge in [-0.15, -0.1) is 24.0 Å². The molecule has 0 aromatic heterocycles. The summed E-state index contributed by atoms with van der Waals surface area (Å²) in [6.07, 6.45) is 10.7. The van der Waals surface area contributed by atoms with Crippen LogP contribution < -0.4 is 10.6 Å². The molecule has 5 atom stereocenters. The quantitative estimate of drug-likeness (QED) is 0.303. The summed E-state index contributed by atoms with van der Waals surface area (Å²) in [6.45, 7) is 6.73. The maximum absolute atomic E-state index is 12.7. The van der Waals surface area contributed by atoms with Crippen LogP contribution in [-0.2, 0) is 9.47 Å². The molecule has 5 fully saturated rings. The lowest BCUT2D eigenvalue weighted by Crippen LogP contribution is -2.69. The van der Waals surface area contributed by atoms with E-state index in [1.54, 1.807) is 0 Å². The van der Waals surface area contributed by atoms with Gasteiger partial charge in [-0.3, -0.25) is 4.99 Å². The number of halogens is 1. The van der Waals surface area contributed by atoms with E-state index in [0.717, 1.165) is 38.2 Å². The number of ether oxygens (including phenoxy) is 2. The van der Waals surface area contributed by atoms with Crippen LogP contribution in [0.5, 0.6) is 0 Å². The maximum Gasteiger partial charge on any atom is 0.410 e. The van der Waals surface area contributed by atoms with E-state index in [1.165, 1.54) is 32.1 Å². The summed E-state index contributed by atoms with van der Waals surface area (Å²) in [5.74, 6) is 1.55. The fourth-order valence-electron chi connectivity index (χ4n) is 7.32. The molecule has 3 heterocycles. The Kier molecular flexibility index (Phi) is 6.94. The van der Waals surface area contributed by atoms with Crippen LogP contribution in [0.3, 0.4) is 0 Å². The van der Waals surface area contributed by atoms with Crippen LogP contribution in [0.2, 0.25) is 0 Å². The van der Waals surface area contributed by atoms with E-state index >= 15 is 0 Å². The Morgan fingerprint density at radius 1 is 1.09 bits per heavy atom. The van der Waals surface area contributed by atoms with Gasteiger partial charge in [-0.2, -0.15) is 0 Å². The Morgan fingerprint density at radius 2 is 1.75 bits per heavy atom. The second-order valence-electron chi connectivity index (χ2n) is 11.5. The first kappa shape index (κ1) is 24.4. The number of hydrogen-bond donors (Lipinski definition) is 2. The Balaban J connectivity index is 0.00000245. The summed E-state index contributed by atoms with van der Waals surface area (Å²) in [6, 6.07) is 1.35. The molecule has 2 aliphatic carbocycles. The summed E-state index contributed by atoms with van der Waals surface area (Å²) in [4.78, 5) is 19.3. The molecular formula is C24H41IN4O3. The second-order valence-corrected chi connectivity index (χ2v) is 11.5. The molecule has 3 saturated heterocycles. The smallest absolute Gasteiger partial charge is 0.410 e. The number of hydrogen-bond acceptors (Lipinski definition) is 4. The molecule has 5 aliphatic rings. The average molecular weight is 561 g/mol. The van der Waals surface area contributed by atoms with Crippen molar-refractivity contribution in [2.45, 2.75) is 114 Å². The number of rotatable bonds is 2. The standard InChI is InChI=1S/C24H40N4O3.HI/c1-23(2,3)31-22(29)28-16-7-8-17(28)14-15(13-16)26-21(25-4)27-19-18-9-12-30-20(18)24(19)10-5-6-11-24;/h15-20H,5-14H2,1-4H3,(H2,25,26,27);1H. The van der Waals surface area contributed by atoms with Crippen LogP contribution in [-0.4, -0.2) is 66.5 Å². The van der Waals surface area contributed by atoms with Crippen molar-refractivity contribution >= 4 is 36.0 Å².